The molecule has 0 saturated carbocycles. The molecule has 0 aromatic heterocycles. The highest BCUT2D eigenvalue weighted by atomic mass is 19.2. The van der Waals surface area contributed by atoms with Crippen LogP contribution < -0.4 is 11.1 Å². The van der Waals surface area contributed by atoms with Crippen molar-refractivity contribution in [3.63, 3.8) is 0 Å². The van der Waals surface area contributed by atoms with Crippen molar-refractivity contribution >= 4 is 0 Å². The first-order valence-electron chi connectivity index (χ1n) is 6.17. The summed E-state index contributed by atoms with van der Waals surface area (Å²) in [5, 5.41) is 3.26. The fraction of sp³-hybridized carbons (Fsp3) is 0.538. The van der Waals surface area contributed by atoms with E-state index in [-0.39, 0.29) is 0 Å². The molecule has 3 N–H and O–H groups in total. The second kappa shape index (κ2) is 5.30. The van der Waals surface area contributed by atoms with Crippen molar-refractivity contribution in [2.24, 2.45) is 5.73 Å². The molecule has 3 nitrogen and oxygen atoms in total. The molecule has 1 aromatic carbocycles. The van der Waals surface area contributed by atoms with Crippen molar-refractivity contribution in [1.82, 2.24) is 10.2 Å². The number of nitrogens with two attached hydrogens (primary N) is 1. The normalized spacial score (nSPS) is 20.7. The maximum atomic E-state index is 13.2. The van der Waals surface area contributed by atoms with Gasteiger partial charge in [-0.25, -0.2) is 8.78 Å². The maximum absolute atomic E-state index is 13.2. The molecule has 1 heterocycles. The van der Waals surface area contributed by atoms with E-state index in [1.807, 2.05) is 6.92 Å². The Morgan fingerprint density at radius 1 is 1.28 bits per heavy atom. The van der Waals surface area contributed by atoms with Gasteiger partial charge in [0, 0.05) is 32.6 Å². The van der Waals surface area contributed by atoms with Gasteiger partial charge in [-0.2, -0.15) is 0 Å². The minimum absolute atomic E-state index is 0.504. The number of hydrogen-bond donors (Lipinski definition) is 2. The highest BCUT2D eigenvalue weighted by molar-refractivity contribution is 5.20. The molecule has 0 spiro atoms. The minimum Gasteiger partial charge on any atom is -0.314 e. The Morgan fingerprint density at radius 3 is 2.56 bits per heavy atom. The van der Waals surface area contributed by atoms with Crippen LogP contribution in [0.5, 0.6) is 0 Å². The standard InChI is InChI=1S/C13H19F2N3/c1-13(16,18-6-4-17-5-7-18)9-10-2-3-11(14)12(15)8-10/h2-3,8,17H,4-7,9,16H2,1H3. The predicted octanol–water partition coefficient (Wildman–Crippen LogP) is 1.09. The Bertz CT molecular complexity index is 415. The summed E-state index contributed by atoms with van der Waals surface area (Å²) in [5.74, 6) is -1.64. The third-order valence-corrected chi connectivity index (χ3v) is 3.39. The van der Waals surface area contributed by atoms with Gasteiger partial charge in [-0.3, -0.25) is 4.90 Å². The molecule has 18 heavy (non-hydrogen) atoms. The number of rotatable bonds is 3. The minimum atomic E-state index is -0.820. The van der Waals surface area contributed by atoms with Crippen molar-refractivity contribution in [3.8, 4) is 0 Å². The zero-order chi connectivity index (χ0) is 13.2. The van der Waals surface area contributed by atoms with Gasteiger partial charge in [-0.1, -0.05) is 6.07 Å². The molecule has 1 atom stereocenters. The number of piperazine rings is 1. The van der Waals surface area contributed by atoms with Gasteiger partial charge in [0.05, 0.1) is 5.66 Å². The van der Waals surface area contributed by atoms with Crippen LogP contribution >= 0.6 is 0 Å². The average molecular weight is 255 g/mol. The topological polar surface area (TPSA) is 41.3 Å². The van der Waals surface area contributed by atoms with Crippen molar-refractivity contribution in [1.29, 1.82) is 0 Å². The van der Waals surface area contributed by atoms with E-state index >= 15 is 0 Å². The van der Waals surface area contributed by atoms with Gasteiger partial charge in [-0.15, -0.1) is 0 Å². The molecule has 0 aliphatic carbocycles. The molecule has 1 aliphatic heterocycles. The Morgan fingerprint density at radius 2 is 1.94 bits per heavy atom. The summed E-state index contributed by atoms with van der Waals surface area (Å²) in [6.07, 6.45) is 0.504. The number of benzene rings is 1. The van der Waals surface area contributed by atoms with Crippen LogP contribution in [-0.4, -0.2) is 36.7 Å². The van der Waals surface area contributed by atoms with Gasteiger partial charge in [0.25, 0.3) is 0 Å². The summed E-state index contributed by atoms with van der Waals surface area (Å²) in [6.45, 7) is 5.49. The van der Waals surface area contributed by atoms with Gasteiger partial charge in [0.2, 0.25) is 0 Å². The smallest absolute Gasteiger partial charge is 0.159 e. The Labute approximate surface area is 106 Å². The molecule has 0 radical (unpaired) electrons. The van der Waals surface area contributed by atoms with E-state index in [0.717, 1.165) is 37.8 Å². The highest BCUT2D eigenvalue weighted by Gasteiger charge is 2.28. The Hall–Kier alpha value is -1.04. The molecule has 1 saturated heterocycles. The Kier molecular flexibility index (Phi) is 3.94. The number of halogens is 2. The lowest BCUT2D eigenvalue weighted by atomic mass is 9.99. The van der Waals surface area contributed by atoms with E-state index in [9.17, 15) is 8.78 Å². The second-order valence-corrected chi connectivity index (χ2v) is 5.02. The van der Waals surface area contributed by atoms with E-state index in [2.05, 4.69) is 10.2 Å². The quantitative estimate of drug-likeness (QED) is 0.849. The molecule has 2 rings (SSSR count). The summed E-state index contributed by atoms with van der Waals surface area (Å²) < 4.78 is 26.0. The molecule has 1 fully saturated rings. The molecule has 1 aliphatic rings. The molecule has 0 bridgehead atoms. The maximum Gasteiger partial charge on any atom is 0.159 e. The number of hydrogen-bond acceptors (Lipinski definition) is 3. The second-order valence-electron chi connectivity index (χ2n) is 5.02. The van der Waals surface area contributed by atoms with Crippen LogP contribution in [0.1, 0.15) is 12.5 Å². The van der Waals surface area contributed by atoms with Crippen molar-refractivity contribution in [2.75, 3.05) is 26.2 Å². The first kappa shape index (κ1) is 13.4. The van der Waals surface area contributed by atoms with Crippen molar-refractivity contribution < 1.29 is 8.78 Å². The lowest BCUT2D eigenvalue weighted by Gasteiger charge is -2.41. The first-order chi connectivity index (χ1) is 8.49. The number of nitrogens with zero attached hydrogens (tertiary/aromatic N) is 1. The monoisotopic (exact) mass is 255 g/mol. The van der Waals surface area contributed by atoms with Gasteiger partial charge in [0.1, 0.15) is 0 Å². The third-order valence-electron chi connectivity index (χ3n) is 3.39. The average Bonchev–Trinajstić information content (AvgIpc) is 2.35. The molecule has 100 valence electrons. The van der Waals surface area contributed by atoms with Gasteiger partial charge >= 0.3 is 0 Å². The van der Waals surface area contributed by atoms with Crippen LogP contribution in [-0.2, 0) is 6.42 Å². The zero-order valence-electron chi connectivity index (χ0n) is 10.5. The van der Waals surface area contributed by atoms with Crippen molar-refractivity contribution in [2.45, 2.75) is 19.0 Å². The van der Waals surface area contributed by atoms with Crippen LogP contribution in [0, 0.1) is 11.6 Å². The van der Waals surface area contributed by atoms with E-state index in [1.54, 1.807) is 6.07 Å². The van der Waals surface area contributed by atoms with Crippen LogP contribution in [0.3, 0.4) is 0 Å². The summed E-state index contributed by atoms with van der Waals surface area (Å²) in [7, 11) is 0. The fourth-order valence-electron chi connectivity index (χ4n) is 2.35. The third kappa shape index (κ3) is 3.04. The molecule has 0 amide bonds. The number of nitrogens with one attached hydrogen (secondary N) is 1. The molecular formula is C13H19F2N3. The first-order valence-corrected chi connectivity index (χ1v) is 6.17. The van der Waals surface area contributed by atoms with Crippen molar-refractivity contribution in [3.05, 3.63) is 35.4 Å². The van der Waals surface area contributed by atoms with E-state index in [1.165, 1.54) is 6.07 Å². The summed E-state index contributed by atoms with van der Waals surface area (Å²) >= 11 is 0. The van der Waals surface area contributed by atoms with E-state index < -0.39 is 17.3 Å². The fourth-order valence-corrected chi connectivity index (χ4v) is 2.35. The largest absolute Gasteiger partial charge is 0.314 e. The molecule has 5 heteroatoms. The van der Waals surface area contributed by atoms with Gasteiger partial charge in [-0.05, 0) is 24.6 Å². The predicted molar refractivity (Wildman–Crippen MR) is 67.1 cm³/mol. The van der Waals surface area contributed by atoms with Gasteiger partial charge < -0.3 is 11.1 Å². The lowest BCUT2D eigenvalue weighted by molar-refractivity contribution is 0.0931. The molecule has 1 aromatic rings. The molecular weight excluding hydrogens is 236 g/mol. The van der Waals surface area contributed by atoms with Crippen LogP contribution in [0.25, 0.3) is 0 Å². The summed E-state index contributed by atoms with van der Waals surface area (Å²) in [6, 6.07) is 3.97. The SMILES string of the molecule is CC(N)(Cc1ccc(F)c(F)c1)N1CCNCC1. The van der Waals surface area contributed by atoms with E-state index in [4.69, 9.17) is 5.73 Å². The highest BCUT2D eigenvalue weighted by Crippen LogP contribution is 2.18. The van der Waals surface area contributed by atoms with Crippen LogP contribution in [0.15, 0.2) is 18.2 Å². The molecule has 1 unspecified atom stereocenters. The summed E-state index contributed by atoms with van der Waals surface area (Å²) in [4.78, 5) is 2.17. The van der Waals surface area contributed by atoms with Gasteiger partial charge in [0.15, 0.2) is 11.6 Å². The Balaban J connectivity index is 2.08. The van der Waals surface area contributed by atoms with E-state index in [0.29, 0.717) is 6.42 Å². The lowest BCUT2D eigenvalue weighted by Crippen LogP contribution is -2.60. The van der Waals surface area contributed by atoms with Crippen LogP contribution in [0.4, 0.5) is 8.78 Å². The summed E-state index contributed by atoms with van der Waals surface area (Å²) in [5.41, 5.74) is 6.48. The van der Waals surface area contributed by atoms with Crippen LogP contribution in [0.2, 0.25) is 0 Å². The zero-order valence-corrected chi connectivity index (χ0v) is 10.5.